The van der Waals surface area contributed by atoms with Crippen molar-refractivity contribution in [1.29, 1.82) is 0 Å². The van der Waals surface area contributed by atoms with Gasteiger partial charge in [-0.25, -0.2) is 4.39 Å². The van der Waals surface area contributed by atoms with E-state index in [1.165, 1.54) is 12.1 Å². The van der Waals surface area contributed by atoms with E-state index in [4.69, 9.17) is 0 Å². The number of nitrogens with one attached hydrogen (secondary N) is 1. The Hall–Kier alpha value is -1.87. The molecular formula is C18H22FNO. The van der Waals surface area contributed by atoms with Crippen molar-refractivity contribution in [2.24, 2.45) is 0 Å². The molecule has 21 heavy (non-hydrogen) atoms. The molecule has 112 valence electrons. The molecule has 0 spiro atoms. The van der Waals surface area contributed by atoms with Crippen LogP contribution in [0.25, 0.3) is 0 Å². The van der Waals surface area contributed by atoms with Crippen LogP contribution in [-0.4, -0.2) is 11.7 Å². The van der Waals surface area contributed by atoms with E-state index in [0.717, 1.165) is 22.3 Å². The van der Waals surface area contributed by atoms with Gasteiger partial charge in [0, 0.05) is 5.69 Å². The Morgan fingerprint density at radius 1 is 0.952 bits per heavy atom. The van der Waals surface area contributed by atoms with Gasteiger partial charge < -0.3 is 10.4 Å². The van der Waals surface area contributed by atoms with Crippen LogP contribution < -0.4 is 5.32 Å². The first-order chi connectivity index (χ1) is 9.82. The monoisotopic (exact) mass is 287 g/mol. The van der Waals surface area contributed by atoms with E-state index in [1.54, 1.807) is 0 Å². The lowest BCUT2D eigenvalue weighted by molar-refractivity contribution is 0.224. The fraction of sp³-hybridized carbons (Fsp3) is 0.333. The molecule has 2 aromatic carbocycles. The highest BCUT2D eigenvalue weighted by molar-refractivity contribution is 5.50. The van der Waals surface area contributed by atoms with E-state index in [0.29, 0.717) is 5.69 Å². The van der Waals surface area contributed by atoms with E-state index in [2.05, 4.69) is 11.4 Å². The maximum absolute atomic E-state index is 13.5. The summed E-state index contributed by atoms with van der Waals surface area (Å²) in [5.41, 5.74) is 4.13. The van der Waals surface area contributed by atoms with Crippen LogP contribution in [0.2, 0.25) is 0 Å². The highest BCUT2D eigenvalue weighted by Crippen LogP contribution is 2.28. The summed E-state index contributed by atoms with van der Waals surface area (Å²) in [6.45, 7) is 7.75. The van der Waals surface area contributed by atoms with Gasteiger partial charge in [0.1, 0.15) is 5.82 Å². The predicted molar refractivity (Wildman–Crippen MR) is 85.1 cm³/mol. The summed E-state index contributed by atoms with van der Waals surface area (Å²) in [5, 5.41) is 13.1. The zero-order valence-corrected chi connectivity index (χ0v) is 13.0. The summed E-state index contributed by atoms with van der Waals surface area (Å²) in [6.07, 6.45) is 0. The second-order valence-electron chi connectivity index (χ2n) is 6.01. The first kappa shape index (κ1) is 15.5. The van der Waals surface area contributed by atoms with Crippen LogP contribution in [0.4, 0.5) is 10.1 Å². The predicted octanol–water partition coefficient (Wildman–Crippen LogP) is 4.07. The summed E-state index contributed by atoms with van der Waals surface area (Å²) >= 11 is 0. The normalized spacial score (nSPS) is 13.8. The molecule has 2 nitrogen and oxygen atoms in total. The Morgan fingerprint density at radius 2 is 1.52 bits per heavy atom. The molecule has 0 saturated carbocycles. The first-order valence-corrected chi connectivity index (χ1v) is 7.07. The molecule has 0 aliphatic carbocycles. The lowest BCUT2D eigenvalue weighted by atomic mass is 9.90. The summed E-state index contributed by atoms with van der Waals surface area (Å²) in [5.74, 6) is -0.279. The van der Waals surface area contributed by atoms with Gasteiger partial charge >= 0.3 is 0 Å². The van der Waals surface area contributed by atoms with Gasteiger partial charge in [-0.15, -0.1) is 0 Å². The second kappa shape index (κ2) is 5.86. The number of hydrogen-bond donors (Lipinski definition) is 2. The van der Waals surface area contributed by atoms with Gasteiger partial charge in [-0.1, -0.05) is 29.3 Å². The number of aryl methyl sites for hydroxylation is 3. The Balaban J connectivity index is 2.40. The van der Waals surface area contributed by atoms with E-state index < -0.39 is 5.54 Å². The number of hydrogen-bond acceptors (Lipinski definition) is 2. The molecule has 0 amide bonds. The van der Waals surface area contributed by atoms with Crippen molar-refractivity contribution in [3.63, 3.8) is 0 Å². The molecule has 1 atom stereocenters. The Kier molecular flexibility index (Phi) is 4.33. The molecule has 2 rings (SSSR count). The molecule has 0 aliphatic heterocycles. The van der Waals surface area contributed by atoms with Gasteiger partial charge in [0.05, 0.1) is 12.1 Å². The minimum atomic E-state index is -0.656. The van der Waals surface area contributed by atoms with Crippen LogP contribution in [0.3, 0.4) is 0 Å². The third kappa shape index (κ3) is 3.61. The number of benzene rings is 2. The molecule has 0 fully saturated rings. The standard InChI is InChI=1S/C18H22FNO/c1-12-5-13(2)7-15(6-12)18(4,11-21)20-17-9-14(3)8-16(19)10-17/h5-10,20-21H,11H2,1-4H3. The number of aliphatic hydroxyl groups excluding tert-OH is 1. The molecule has 0 aromatic heterocycles. The molecule has 0 aliphatic rings. The third-order valence-corrected chi connectivity index (χ3v) is 3.64. The smallest absolute Gasteiger partial charge is 0.125 e. The highest BCUT2D eigenvalue weighted by Gasteiger charge is 2.26. The summed E-state index contributed by atoms with van der Waals surface area (Å²) in [7, 11) is 0. The van der Waals surface area contributed by atoms with Gasteiger partial charge in [-0.05, 0) is 57.0 Å². The molecule has 0 heterocycles. The van der Waals surface area contributed by atoms with Gasteiger partial charge in [0.25, 0.3) is 0 Å². The SMILES string of the molecule is Cc1cc(F)cc(NC(C)(CO)c2cc(C)cc(C)c2)c1. The van der Waals surface area contributed by atoms with Crippen LogP contribution >= 0.6 is 0 Å². The zero-order valence-electron chi connectivity index (χ0n) is 13.0. The second-order valence-corrected chi connectivity index (χ2v) is 6.01. The van der Waals surface area contributed by atoms with Crippen LogP contribution in [0, 0.1) is 26.6 Å². The van der Waals surface area contributed by atoms with E-state index in [9.17, 15) is 9.50 Å². The molecule has 2 aromatic rings. The average molecular weight is 287 g/mol. The van der Waals surface area contributed by atoms with E-state index >= 15 is 0 Å². The molecule has 2 N–H and O–H groups in total. The van der Waals surface area contributed by atoms with Crippen LogP contribution in [0.1, 0.15) is 29.2 Å². The molecule has 0 saturated heterocycles. The molecule has 0 radical (unpaired) electrons. The number of rotatable bonds is 4. The lowest BCUT2D eigenvalue weighted by Crippen LogP contribution is -2.36. The number of aliphatic hydroxyl groups is 1. The first-order valence-electron chi connectivity index (χ1n) is 7.07. The Labute approximate surface area is 125 Å². The summed E-state index contributed by atoms with van der Waals surface area (Å²) in [6, 6.07) is 11.0. The van der Waals surface area contributed by atoms with Gasteiger partial charge in [-0.3, -0.25) is 0 Å². The number of halogens is 1. The van der Waals surface area contributed by atoms with Crippen LogP contribution in [0.5, 0.6) is 0 Å². The van der Waals surface area contributed by atoms with Gasteiger partial charge in [0.2, 0.25) is 0 Å². The number of anilines is 1. The zero-order chi connectivity index (χ0) is 15.6. The average Bonchev–Trinajstić information content (AvgIpc) is 2.36. The maximum atomic E-state index is 13.5. The van der Waals surface area contributed by atoms with Gasteiger partial charge in [-0.2, -0.15) is 0 Å². The fourth-order valence-electron chi connectivity index (χ4n) is 2.62. The van der Waals surface area contributed by atoms with E-state index in [1.807, 2.05) is 45.9 Å². The molecule has 3 heteroatoms. The van der Waals surface area contributed by atoms with Crippen molar-refractivity contribution in [2.75, 3.05) is 11.9 Å². The molecule has 0 bridgehead atoms. The molecule has 1 unspecified atom stereocenters. The van der Waals surface area contributed by atoms with Crippen molar-refractivity contribution >= 4 is 5.69 Å². The van der Waals surface area contributed by atoms with Crippen molar-refractivity contribution in [2.45, 2.75) is 33.2 Å². The Morgan fingerprint density at radius 3 is 2.05 bits per heavy atom. The van der Waals surface area contributed by atoms with E-state index in [-0.39, 0.29) is 12.4 Å². The maximum Gasteiger partial charge on any atom is 0.125 e. The minimum absolute atomic E-state index is 0.0779. The third-order valence-electron chi connectivity index (χ3n) is 3.64. The van der Waals surface area contributed by atoms with Crippen LogP contribution in [-0.2, 0) is 5.54 Å². The quantitative estimate of drug-likeness (QED) is 0.888. The highest BCUT2D eigenvalue weighted by atomic mass is 19.1. The molecular weight excluding hydrogens is 265 g/mol. The lowest BCUT2D eigenvalue weighted by Gasteiger charge is -2.31. The largest absolute Gasteiger partial charge is 0.394 e. The Bertz CT molecular complexity index is 613. The summed E-state index contributed by atoms with van der Waals surface area (Å²) in [4.78, 5) is 0. The fourth-order valence-corrected chi connectivity index (χ4v) is 2.62. The van der Waals surface area contributed by atoms with Crippen molar-refractivity contribution in [3.8, 4) is 0 Å². The summed E-state index contributed by atoms with van der Waals surface area (Å²) < 4.78 is 13.5. The van der Waals surface area contributed by atoms with Crippen molar-refractivity contribution in [3.05, 3.63) is 64.5 Å². The van der Waals surface area contributed by atoms with Crippen molar-refractivity contribution in [1.82, 2.24) is 0 Å². The minimum Gasteiger partial charge on any atom is -0.394 e. The topological polar surface area (TPSA) is 32.3 Å². The van der Waals surface area contributed by atoms with Crippen LogP contribution in [0.15, 0.2) is 36.4 Å². The van der Waals surface area contributed by atoms with Gasteiger partial charge in [0.15, 0.2) is 0 Å². The van der Waals surface area contributed by atoms with Crippen molar-refractivity contribution < 1.29 is 9.50 Å².